The Kier molecular flexibility index (Phi) is 6.80. The number of hydrogen-bond acceptors (Lipinski definition) is 3. The Morgan fingerprint density at radius 1 is 1.07 bits per heavy atom. The Morgan fingerprint density at radius 3 is 2.34 bits per heavy atom. The zero-order valence-electron chi connectivity index (χ0n) is 17.1. The summed E-state index contributed by atoms with van der Waals surface area (Å²) in [4.78, 5) is 27.5. The fraction of sp³-hybridized carbons (Fsp3) is 0.391. The van der Waals surface area contributed by atoms with Gasteiger partial charge in [-0.2, -0.15) is 0 Å². The fourth-order valence-corrected chi connectivity index (χ4v) is 3.62. The number of amides is 2. The Balaban J connectivity index is 1.71. The van der Waals surface area contributed by atoms with Crippen molar-refractivity contribution in [1.82, 2.24) is 4.90 Å². The summed E-state index contributed by atoms with van der Waals surface area (Å²) in [6.07, 6.45) is 2.46. The van der Waals surface area contributed by atoms with Gasteiger partial charge in [0.15, 0.2) is 6.10 Å². The summed E-state index contributed by atoms with van der Waals surface area (Å²) in [6.45, 7) is 7.00. The second-order valence-corrected chi connectivity index (χ2v) is 7.90. The Morgan fingerprint density at radius 2 is 1.69 bits per heavy atom. The molecule has 0 aromatic heterocycles. The SMILES string of the molecule is Cc1cc(O[C@H](C)C(=O)Nc2ccccc2C(=O)N2CCCCC2)cc(C)c1Cl. The van der Waals surface area contributed by atoms with Crippen molar-refractivity contribution in [3.63, 3.8) is 0 Å². The summed E-state index contributed by atoms with van der Waals surface area (Å²) in [5.41, 5.74) is 2.80. The number of carbonyl (C=O) groups is 2. The highest BCUT2D eigenvalue weighted by atomic mass is 35.5. The first-order chi connectivity index (χ1) is 13.9. The number of nitrogens with one attached hydrogen (secondary N) is 1. The van der Waals surface area contributed by atoms with Crippen LogP contribution in [0.1, 0.15) is 47.7 Å². The lowest BCUT2D eigenvalue weighted by molar-refractivity contribution is -0.122. The van der Waals surface area contributed by atoms with Crippen LogP contribution in [0.2, 0.25) is 5.02 Å². The van der Waals surface area contributed by atoms with Gasteiger partial charge in [0.25, 0.3) is 11.8 Å². The number of ether oxygens (including phenoxy) is 1. The van der Waals surface area contributed by atoms with Gasteiger partial charge in [-0.25, -0.2) is 0 Å². The number of rotatable bonds is 5. The van der Waals surface area contributed by atoms with E-state index < -0.39 is 6.10 Å². The van der Waals surface area contributed by atoms with Crippen LogP contribution in [0.25, 0.3) is 0 Å². The molecular formula is C23H27ClN2O3. The van der Waals surface area contributed by atoms with Crippen LogP contribution >= 0.6 is 11.6 Å². The number of likely N-dealkylation sites (tertiary alicyclic amines) is 1. The van der Waals surface area contributed by atoms with Gasteiger partial charge >= 0.3 is 0 Å². The topological polar surface area (TPSA) is 58.6 Å². The molecule has 1 fully saturated rings. The average molecular weight is 415 g/mol. The van der Waals surface area contributed by atoms with E-state index in [9.17, 15) is 9.59 Å². The molecule has 1 heterocycles. The predicted molar refractivity (Wildman–Crippen MR) is 116 cm³/mol. The molecule has 2 aromatic rings. The predicted octanol–water partition coefficient (Wildman–Crippen LogP) is 4.99. The molecule has 1 aliphatic rings. The maximum Gasteiger partial charge on any atom is 0.265 e. The fourth-order valence-electron chi connectivity index (χ4n) is 3.51. The molecule has 6 heteroatoms. The number of hydrogen-bond donors (Lipinski definition) is 1. The number of piperidine rings is 1. The summed E-state index contributed by atoms with van der Waals surface area (Å²) in [6, 6.07) is 10.7. The zero-order chi connectivity index (χ0) is 21.0. The van der Waals surface area contributed by atoms with Crippen LogP contribution in [-0.4, -0.2) is 35.9 Å². The smallest absolute Gasteiger partial charge is 0.265 e. The minimum absolute atomic E-state index is 0.0434. The maximum atomic E-state index is 12.9. The Labute approximate surface area is 177 Å². The summed E-state index contributed by atoms with van der Waals surface area (Å²) < 4.78 is 5.82. The molecule has 3 rings (SSSR count). The van der Waals surface area contributed by atoms with E-state index in [2.05, 4.69) is 5.32 Å². The maximum absolute atomic E-state index is 12.9. The van der Waals surface area contributed by atoms with Crippen LogP contribution in [0.3, 0.4) is 0 Å². The molecule has 154 valence electrons. The minimum atomic E-state index is -0.729. The Bertz CT molecular complexity index is 884. The molecule has 29 heavy (non-hydrogen) atoms. The van der Waals surface area contributed by atoms with Crippen molar-refractivity contribution < 1.29 is 14.3 Å². The Hall–Kier alpha value is -2.53. The second-order valence-electron chi connectivity index (χ2n) is 7.52. The van der Waals surface area contributed by atoms with Gasteiger partial charge in [0.1, 0.15) is 5.75 Å². The van der Waals surface area contributed by atoms with Crippen molar-refractivity contribution in [3.05, 3.63) is 58.1 Å². The molecular weight excluding hydrogens is 388 g/mol. The lowest BCUT2D eigenvalue weighted by Crippen LogP contribution is -2.36. The summed E-state index contributed by atoms with van der Waals surface area (Å²) >= 11 is 6.20. The van der Waals surface area contributed by atoms with Crippen molar-refractivity contribution in [2.75, 3.05) is 18.4 Å². The normalized spacial score (nSPS) is 15.0. The van der Waals surface area contributed by atoms with E-state index in [0.29, 0.717) is 22.0 Å². The molecule has 5 nitrogen and oxygen atoms in total. The first-order valence-corrected chi connectivity index (χ1v) is 10.4. The van der Waals surface area contributed by atoms with E-state index in [0.717, 1.165) is 43.5 Å². The number of aryl methyl sites for hydroxylation is 2. The van der Waals surface area contributed by atoms with Crippen molar-refractivity contribution in [2.24, 2.45) is 0 Å². The van der Waals surface area contributed by atoms with Crippen LogP contribution in [0.4, 0.5) is 5.69 Å². The van der Waals surface area contributed by atoms with Gasteiger partial charge in [0.05, 0.1) is 11.3 Å². The van der Waals surface area contributed by atoms with Gasteiger partial charge in [0, 0.05) is 18.1 Å². The lowest BCUT2D eigenvalue weighted by atomic mass is 10.1. The average Bonchev–Trinajstić information content (AvgIpc) is 2.72. The van der Waals surface area contributed by atoms with Gasteiger partial charge in [-0.05, 0) is 75.4 Å². The highest BCUT2D eigenvalue weighted by Gasteiger charge is 2.23. The first kappa shape index (κ1) is 21.2. The van der Waals surface area contributed by atoms with E-state index in [-0.39, 0.29) is 11.8 Å². The third-order valence-corrected chi connectivity index (χ3v) is 5.75. The second kappa shape index (κ2) is 9.31. The number of benzene rings is 2. The monoisotopic (exact) mass is 414 g/mol. The molecule has 0 radical (unpaired) electrons. The van der Waals surface area contributed by atoms with Crippen molar-refractivity contribution in [3.8, 4) is 5.75 Å². The largest absolute Gasteiger partial charge is 0.481 e. The van der Waals surface area contributed by atoms with E-state index in [1.54, 1.807) is 25.1 Å². The van der Waals surface area contributed by atoms with Crippen molar-refractivity contribution in [1.29, 1.82) is 0 Å². The molecule has 0 saturated carbocycles. The van der Waals surface area contributed by atoms with Gasteiger partial charge < -0.3 is 15.0 Å². The van der Waals surface area contributed by atoms with Crippen LogP contribution in [0, 0.1) is 13.8 Å². The van der Waals surface area contributed by atoms with Gasteiger partial charge in [-0.15, -0.1) is 0 Å². The van der Waals surface area contributed by atoms with Crippen molar-refractivity contribution >= 4 is 29.1 Å². The molecule has 1 N–H and O–H groups in total. The third-order valence-electron chi connectivity index (χ3n) is 5.15. The van der Waals surface area contributed by atoms with Crippen LogP contribution in [-0.2, 0) is 4.79 Å². The standard InChI is InChI=1S/C23H27ClN2O3/c1-15-13-18(14-16(2)21(15)24)29-17(3)22(27)25-20-10-6-5-9-19(20)23(28)26-11-7-4-8-12-26/h5-6,9-10,13-14,17H,4,7-8,11-12H2,1-3H3,(H,25,27)/t17-/m1/s1. The summed E-state index contributed by atoms with van der Waals surface area (Å²) in [5.74, 6) is 0.233. The van der Waals surface area contributed by atoms with Gasteiger partial charge in [-0.1, -0.05) is 23.7 Å². The highest BCUT2D eigenvalue weighted by molar-refractivity contribution is 6.32. The molecule has 0 aliphatic carbocycles. The van der Waals surface area contributed by atoms with Gasteiger partial charge in [-0.3, -0.25) is 9.59 Å². The van der Waals surface area contributed by atoms with E-state index in [1.807, 2.05) is 36.9 Å². The first-order valence-electron chi connectivity index (χ1n) is 9.99. The summed E-state index contributed by atoms with van der Waals surface area (Å²) in [7, 11) is 0. The number of nitrogens with zero attached hydrogens (tertiary/aromatic N) is 1. The quantitative estimate of drug-likeness (QED) is 0.749. The molecule has 1 saturated heterocycles. The summed E-state index contributed by atoms with van der Waals surface area (Å²) in [5, 5.41) is 3.55. The molecule has 0 unspecified atom stereocenters. The van der Waals surface area contributed by atoms with E-state index in [1.165, 1.54) is 0 Å². The molecule has 1 atom stereocenters. The number of halogens is 1. The number of carbonyl (C=O) groups excluding carboxylic acids is 2. The number of anilines is 1. The number of para-hydroxylation sites is 1. The molecule has 0 spiro atoms. The molecule has 2 aromatic carbocycles. The third kappa shape index (κ3) is 5.10. The van der Waals surface area contributed by atoms with Gasteiger partial charge in [0.2, 0.25) is 0 Å². The highest BCUT2D eigenvalue weighted by Crippen LogP contribution is 2.27. The van der Waals surface area contributed by atoms with Crippen LogP contribution < -0.4 is 10.1 Å². The zero-order valence-corrected chi connectivity index (χ0v) is 17.9. The van der Waals surface area contributed by atoms with Crippen LogP contribution in [0.15, 0.2) is 36.4 Å². The molecule has 2 amide bonds. The van der Waals surface area contributed by atoms with Crippen molar-refractivity contribution in [2.45, 2.75) is 46.1 Å². The lowest BCUT2D eigenvalue weighted by Gasteiger charge is -2.27. The van der Waals surface area contributed by atoms with E-state index >= 15 is 0 Å². The van der Waals surface area contributed by atoms with E-state index in [4.69, 9.17) is 16.3 Å². The minimum Gasteiger partial charge on any atom is -0.481 e. The van der Waals surface area contributed by atoms with Crippen LogP contribution in [0.5, 0.6) is 5.75 Å². The molecule has 1 aliphatic heterocycles. The molecule has 0 bridgehead atoms.